The smallest absolute Gasteiger partial charge is 0.358 e. The lowest BCUT2D eigenvalue weighted by Gasteiger charge is -2.01. The number of benzene rings is 1. The summed E-state index contributed by atoms with van der Waals surface area (Å²) in [6.07, 6.45) is 2.21. The molecule has 7 nitrogen and oxygen atoms in total. The van der Waals surface area contributed by atoms with Gasteiger partial charge < -0.3 is 4.42 Å². The zero-order chi connectivity index (χ0) is 14.7. The molecule has 0 radical (unpaired) electrons. The second-order valence-corrected chi connectivity index (χ2v) is 4.44. The number of rotatable bonds is 2. The van der Waals surface area contributed by atoms with E-state index in [2.05, 4.69) is 5.10 Å². The van der Waals surface area contributed by atoms with E-state index in [4.69, 9.17) is 32.8 Å². The molecule has 2 amide bonds. The Balaban J connectivity index is 2.44. The lowest BCUT2D eigenvalue weighted by Crippen LogP contribution is -2.29. The normalized spacial score (nSPS) is 10.9. The quantitative estimate of drug-likeness (QED) is 0.448. The van der Waals surface area contributed by atoms with Gasteiger partial charge in [0.15, 0.2) is 5.58 Å². The summed E-state index contributed by atoms with van der Waals surface area (Å²) in [5.74, 6) is 0. The summed E-state index contributed by atoms with van der Waals surface area (Å²) in [7, 11) is 0. The average molecular weight is 316 g/mol. The van der Waals surface area contributed by atoms with Crippen molar-refractivity contribution in [2.24, 2.45) is 5.10 Å². The predicted octanol–water partition coefficient (Wildman–Crippen LogP) is 2.12. The van der Waals surface area contributed by atoms with Crippen LogP contribution in [0.5, 0.6) is 0 Å². The van der Waals surface area contributed by atoms with Crippen LogP contribution in [-0.4, -0.2) is 17.5 Å². The van der Waals surface area contributed by atoms with Gasteiger partial charge in [-0.15, -0.1) is 0 Å². The number of carbonyl (C=O) groups is 1. The number of hydrogen-bond acceptors (Lipinski definition) is 5. The van der Waals surface area contributed by atoms with Gasteiger partial charge in [-0.25, -0.2) is 15.7 Å². The first-order chi connectivity index (χ1) is 9.52. The van der Waals surface area contributed by atoms with Crippen LogP contribution in [0, 0.1) is 0 Å². The lowest BCUT2D eigenvalue weighted by atomic mass is 10.2. The second-order valence-electron chi connectivity index (χ2n) is 3.60. The number of halogens is 2. The van der Waals surface area contributed by atoms with Crippen LogP contribution in [0.15, 0.2) is 32.7 Å². The summed E-state index contributed by atoms with van der Waals surface area (Å²) < 4.78 is 5.23. The van der Waals surface area contributed by atoms with Crippen molar-refractivity contribution in [2.75, 3.05) is 0 Å². The third kappa shape index (κ3) is 2.90. The second kappa shape index (κ2) is 5.91. The molecular formula is C11H7Cl2N3O4. The predicted molar refractivity (Wildman–Crippen MR) is 73.6 cm³/mol. The first-order valence-electron chi connectivity index (χ1n) is 5.16. The Morgan fingerprint density at radius 1 is 1.40 bits per heavy atom. The third-order valence-corrected chi connectivity index (χ3v) is 2.79. The summed E-state index contributed by atoms with van der Waals surface area (Å²) in [6.45, 7) is 0. The minimum atomic E-state index is -0.947. The minimum Gasteiger partial charge on any atom is -0.462 e. The number of hydrazone groups is 1. The molecule has 9 heteroatoms. The summed E-state index contributed by atoms with van der Waals surface area (Å²) >= 11 is 11.7. The van der Waals surface area contributed by atoms with Crippen molar-refractivity contribution >= 4 is 46.4 Å². The monoisotopic (exact) mass is 315 g/mol. The summed E-state index contributed by atoms with van der Waals surface area (Å²) in [5, 5.41) is 12.4. The van der Waals surface area contributed by atoms with Crippen molar-refractivity contribution in [3.8, 4) is 0 Å². The zero-order valence-corrected chi connectivity index (χ0v) is 11.2. The van der Waals surface area contributed by atoms with Crippen molar-refractivity contribution in [1.29, 1.82) is 0 Å². The van der Waals surface area contributed by atoms with Gasteiger partial charge in [0.2, 0.25) is 5.43 Å². The SMILES string of the molecule is O=C(NO)N/N=C/c1coc2c(Cl)cc(Cl)cc2c1=O. The summed E-state index contributed by atoms with van der Waals surface area (Å²) in [5.41, 5.74) is 3.10. The lowest BCUT2D eigenvalue weighted by molar-refractivity contribution is 0.162. The molecule has 3 N–H and O–H groups in total. The van der Waals surface area contributed by atoms with Crippen LogP contribution in [0.3, 0.4) is 0 Å². The zero-order valence-electron chi connectivity index (χ0n) is 9.68. The van der Waals surface area contributed by atoms with E-state index in [0.29, 0.717) is 5.02 Å². The van der Waals surface area contributed by atoms with Crippen LogP contribution >= 0.6 is 23.2 Å². The molecule has 0 saturated carbocycles. The molecule has 0 unspecified atom stereocenters. The maximum absolute atomic E-state index is 12.1. The van der Waals surface area contributed by atoms with E-state index < -0.39 is 11.5 Å². The van der Waals surface area contributed by atoms with Gasteiger partial charge in [-0.2, -0.15) is 5.10 Å². The Hall–Kier alpha value is -2.09. The molecule has 1 aromatic heterocycles. The van der Waals surface area contributed by atoms with Gasteiger partial charge in [-0.05, 0) is 12.1 Å². The number of hydrogen-bond donors (Lipinski definition) is 3. The van der Waals surface area contributed by atoms with Crippen molar-refractivity contribution in [3.05, 3.63) is 44.2 Å². The fourth-order valence-electron chi connectivity index (χ4n) is 1.45. The van der Waals surface area contributed by atoms with E-state index in [1.54, 1.807) is 0 Å². The molecule has 0 aliphatic rings. The molecule has 0 aliphatic carbocycles. The highest BCUT2D eigenvalue weighted by Gasteiger charge is 2.10. The number of amides is 2. The molecule has 0 spiro atoms. The Morgan fingerprint density at radius 3 is 2.85 bits per heavy atom. The summed E-state index contributed by atoms with van der Waals surface area (Å²) in [6, 6.07) is 1.92. The molecule has 0 aliphatic heterocycles. The maximum atomic E-state index is 12.1. The van der Waals surface area contributed by atoms with Crippen LogP contribution in [0.1, 0.15) is 5.56 Å². The highest BCUT2D eigenvalue weighted by Crippen LogP contribution is 2.25. The molecule has 0 atom stereocenters. The first kappa shape index (κ1) is 14.3. The molecule has 20 heavy (non-hydrogen) atoms. The van der Waals surface area contributed by atoms with E-state index >= 15 is 0 Å². The topological polar surface area (TPSA) is 104 Å². The molecule has 1 heterocycles. The maximum Gasteiger partial charge on any atom is 0.358 e. The average Bonchev–Trinajstić information content (AvgIpc) is 2.41. The molecular weight excluding hydrogens is 309 g/mol. The number of hydroxylamine groups is 1. The number of urea groups is 1. The Kier molecular flexibility index (Phi) is 4.23. The van der Waals surface area contributed by atoms with E-state index in [-0.39, 0.29) is 21.6 Å². The van der Waals surface area contributed by atoms with Gasteiger partial charge >= 0.3 is 6.03 Å². The highest BCUT2D eigenvalue weighted by molar-refractivity contribution is 6.38. The molecule has 2 aromatic rings. The van der Waals surface area contributed by atoms with Crippen LogP contribution < -0.4 is 16.3 Å². The largest absolute Gasteiger partial charge is 0.462 e. The van der Waals surface area contributed by atoms with Crippen LogP contribution in [0.25, 0.3) is 11.0 Å². The summed E-state index contributed by atoms with van der Waals surface area (Å²) in [4.78, 5) is 22.8. The van der Waals surface area contributed by atoms with Crippen molar-refractivity contribution in [2.45, 2.75) is 0 Å². The third-order valence-electron chi connectivity index (χ3n) is 2.29. The van der Waals surface area contributed by atoms with Gasteiger partial charge in [0.05, 0.1) is 22.2 Å². The van der Waals surface area contributed by atoms with Gasteiger partial charge in [-0.3, -0.25) is 10.0 Å². The van der Waals surface area contributed by atoms with Crippen LogP contribution in [0.4, 0.5) is 4.79 Å². The Morgan fingerprint density at radius 2 is 2.15 bits per heavy atom. The number of fused-ring (bicyclic) bond motifs is 1. The van der Waals surface area contributed by atoms with Crippen LogP contribution in [0.2, 0.25) is 10.0 Å². The fourth-order valence-corrected chi connectivity index (χ4v) is 1.99. The molecule has 0 bridgehead atoms. The van der Waals surface area contributed by atoms with Crippen molar-refractivity contribution < 1.29 is 14.4 Å². The van der Waals surface area contributed by atoms with Gasteiger partial charge in [0.1, 0.15) is 6.26 Å². The van der Waals surface area contributed by atoms with Crippen molar-refractivity contribution in [1.82, 2.24) is 10.9 Å². The van der Waals surface area contributed by atoms with E-state index in [0.717, 1.165) is 12.5 Å². The number of nitrogens with one attached hydrogen (secondary N) is 2. The molecule has 2 rings (SSSR count). The molecule has 0 fully saturated rings. The minimum absolute atomic E-state index is 0.0778. The van der Waals surface area contributed by atoms with E-state index in [1.807, 2.05) is 5.43 Å². The van der Waals surface area contributed by atoms with E-state index in [9.17, 15) is 9.59 Å². The molecule has 1 aromatic carbocycles. The first-order valence-corrected chi connectivity index (χ1v) is 5.92. The Bertz CT molecular complexity index is 757. The van der Waals surface area contributed by atoms with Gasteiger partial charge in [-0.1, -0.05) is 23.2 Å². The highest BCUT2D eigenvalue weighted by atomic mass is 35.5. The molecule has 104 valence electrons. The standard InChI is InChI=1S/C11H7Cl2N3O4/c12-6-1-7-9(17)5(3-14-15-11(18)16-19)4-20-10(7)8(13)2-6/h1-4,19H,(H2,15,16,18)/b14-3+. The fraction of sp³-hybridized carbons (Fsp3) is 0. The number of nitrogens with zero attached hydrogens (tertiary/aromatic N) is 1. The van der Waals surface area contributed by atoms with Crippen molar-refractivity contribution in [3.63, 3.8) is 0 Å². The Labute approximate surface area is 121 Å². The number of carbonyl (C=O) groups excluding carboxylic acids is 1. The van der Waals surface area contributed by atoms with Gasteiger partial charge in [0, 0.05) is 5.02 Å². The van der Waals surface area contributed by atoms with Crippen LogP contribution in [-0.2, 0) is 0 Å². The van der Waals surface area contributed by atoms with E-state index in [1.165, 1.54) is 17.6 Å². The van der Waals surface area contributed by atoms with Gasteiger partial charge in [0.25, 0.3) is 0 Å². The molecule has 0 saturated heterocycles.